The molecule has 1 heterocycles. The van der Waals surface area contributed by atoms with E-state index in [0.717, 1.165) is 12.2 Å². The summed E-state index contributed by atoms with van der Waals surface area (Å²) in [6.45, 7) is 5.75. The summed E-state index contributed by atoms with van der Waals surface area (Å²) in [7, 11) is 0. The van der Waals surface area contributed by atoms with Gasteiger partial charge in [0.15, 0.2) is 0 Å². The maximum Gasteiger partial charge on any atom is 0.238 e. The molecule has 0 saturated carbocycles. The van der Waals surface area contributed by atoms with E-state index < -0.39 is 0 Å². The molecule has 1 fully saturated rings. The average molecular weight is 310 g/mol. The molecule has 0 bridgehead atoms. The molecule has 1 amide bonds. The van der Waals surface area contributed by atoms with E-state index in [9.17, 15) is 4.79 Å². The van der Waals surface area contributed by atoms with Crippen molar-refractivity contribution < 1.29 is 4.79 Å². The van der Waals surface area contributed by atoms with Crippen LogP contribution < -0.4 is 10.6 Å². The van der Waals surface area contributed by atoms with Crippen LogP contribution in [-0.2, 0) is 4.79 Å². The van der Waals surface area contributed by atoms with Gasteiger partial charge in [0.05, 0.1) is 6.54 Å². The minimum absolute atomic E-state index is 0.0248. The Labute approximate surface area is 131 Å². The SMILES string of the molecule is CC(CNCC(=O)Nc1ccc(Cl)cc1)N1CCCCC1. The standard InChI is InChI=1S/C16H24ClN3O/c1-13(20-9-3-2-4-10-20)11-18-12-16(21)19-15-7-5-14(17)6-8-15/h5-8,13,18H,2-4,9-12H2,1H3,(H,19,21). The average Bonchev–Trinajstić information content (AvgIpc) is 2.50. The number of piperidine rings is 1. The van der Waals surface area contributed by atoms with Crippen LogP contribution in [0.1, 0.15) is 26.2 Å². The van der Waals surface area contributed by atoms with E-state index >= 15 is 0 Å². The molecule has 1 atom stereocenters. The van der Waals surface area contributed by atoms with Gasteiger partial charge in [-0.1, -0.05) is 18.0 Å². The number of carbonyl (C=O) groups is 1. The second-order valence-electron chi connectivity index (χ2n) is 5.63. The molecule has 0 radical (unpaired) electrons. The van der Waals surface area contributed by atoms with Gasteiger partial charge in [-0.25, -0.2) is 0 Å². The van der Waals surface area contributed by atoms with E-state index in [1.807, 2.05) is 0 Å². The monoisotopic (exact) mass is 309 g/mol. The van der Waals surface area contributed by atoms with Crippen molar-refractivity contribution in [2.24, 2.45) is 0 Å². The van der Waals surface area contributed by atoms with Crippen LogP contribution >= 0.6 is 11.6 Å². The Morgan fingerprint density at radius 3 is 2.57 bits per heavy atom. The number of benzene rings is 1. The molecule has 0 aromatic heterocycles. The van der Waals surface area contributed by atoms with Crippen LogP contribution in [0.25, 0.3) is 0 Å². The van der Waals surface area contributed by atoms with Gasteiger partial charge in [0.2, 0.25) is 5.91 Å². The predicted octanol–water partition coefficient (Wildman–Crippen LogP) is 2.74. The Kier molecular flexibility index (Phi) is 6.49. The van der Waals surface area contributed by atoms with Gasteiger partial charge in [-0.15, -0.1) is 0 Å². The number of halogens is 1. The normalized spacial score (nSPS) is 17.4. The molecule has 116 valence electrons. The van der Waals surface area contributed by atoms with Gasteiger partial charge in [0.25, 0.3) is 0 Å². The topological polar surface area (TPSA) is 44.4 Å². The fraction of sp³-hybridized carbons (Fsp3) is 0.562. The molecule has 2 rings (SSSR count). The van der Waals surface area contributed by atoms with Gasteiger partial charge in [-0.05, 0) is 57.1 Å². The zero-order valence-corrected chi connectivity index (χ0v) is 13.3. The summed E-state index contributed by atoms with van der Waals surface area (Å²) in [4.78, 5) is 14.3. The first-order valence-electron chi connectivity index (χ1n) is 7.65. The lowest BCUT2D eigenvalue weighted by molar-refractivity contribution is -0.115. The van der Waals surface area contributed by atoms with Crippen LogP contribution in [0.5, 0.6) is 0 Å². The summed E-state index contributed by atoms with van der Waals surface area (Å²) in [6.07, 6.45) is 3.93. The van der Waals surface area contributed by atoms with Crippen molar-refractivity contribution in [1.29, 1.82) is 0 Å². The number of nitrogens with zero attached hydrogens (tertiary/aromatic N) is 1. The Hall–Kier alpha value is -1.10. The van der Waals surface area contributed by atoms with E-state index in [1.165, 1.54) is 32.4 Å². The van der Waals surface area contributed by atoms with Crippen molar-refractivity contribution >= 4 is 23.2 Å². The first kappa shape index (κ1) is 16.3. The van der Waals surface area contributed by atoms with Crippen LogP contribution in [0, 0.1) is 0 Å². The Bertz CT molecular complexity index is 443. The fourth-order valence-corrected chi connectivity index (χ4v) is 2.75. The van der Waals surface area contributed by atoms with Gasteiger partial charge in [-0.2, -0.15) is 0 Å². The molecule has 1 aromatic carbocycles. The van der Waals surface area contributed by atoms with Crippen LogP contribution in [0.2, 0.25) is 5.02 Å². The zero-order chi connectivity index (χ0) is 15.1. The number of hydrogen-bond acceptors (Lipinski definition) is 3. The molecule has 2 N–H and O–H groups in total. The summed E-state index contributed by atoms with van der Waals surface area (Å²) >= 11 is 5.81. The van der Waals surface area contributed by atoms with E-state index in [1.54, 1.807) is 24.3 Å². The number of amides is 1. The smallest absolute Gasteiger partial charge is 0.238 e. The highest BCUT2D eigenvalue weighted by molar-refractivity contribution is 6.30. The minimum atomic E-state index is -0.0248. The maximum atomic E-state index is 11.8. The highest BCUT2D eigenvalue weighted by atomic mass is 35.5. The molecule has 21 heavy (non-hydrogen) atoms. The molecular formula is C16H24ClN3O. The number of hydrogen-bond donors (Lipinski definition) is 2. The molecule has 1 aromatic rings. The van der Waals surface area contributed by atoms with Crippen LogP contribution in [0.15, 0.2) is 24.3 Å². The zero-order valence-electron chi connectivity index (χ0n) is 12.6. The Balaban J connectivity index is 1.65. The second-order valence-corrected chi connectivity index (χ2v) is 6.07. The molecule has 1 unspecified atom stereocenters. The van der Waals surface area contributed by atoms with Gasteiger partial charge in [0.1, 0.15) is 0 Å². The van der Waals surface area contributed by atoms with Crippen LogP contribution in [-0.4, -0.2) is 43.0 Å². The lowest BCUT2D eigenvalue weighted by Crippen LogP contribution is -2.44. The van der Waals surface area contributed by atoms with E-state index in [2.05, 4.69) is 22.5 Å². The van der Waals surface area contributed by atoms with Crippen molar-refractivity contribution in [3.05, 3.63) is 29.3 Å². The molecule has 0 spiro atoms. The lowest BCUT2D eigenvalue weighted by atomic mass is 10.1. The van der Waals surface area contributed by atoms with E-state index in [4.69, 9.17) is 11.6 Å². The second kappa shape index (κ2) is 8.37. The molecule has 1 saturated heterocycles. The predicted molar refractivity (Wildman–Crippen MR) is 87.8 cm³/mol. The lowest BCUT2D eigenvalue weighted by Gasteiger charge is -2.32. The van der Waals surface area contributed by atoms with Crippen molar-refractivity contribution in [2.75, 3.05) is 31.5 Å². The molecule has 0 aliphatic carbocycles. The quantitative estimate of drug-likeness (QED) is 0.849. The number of carbonyl (C=O) groups excluding carboxylic acids is 1. The summed E-state index contributed by atoms with van der Waals surface area (Å²) in [5.41, 5.74) is 0.773. The molecule has 1 aliphatic rings. The summed E-state index contributed by atoms with van der Waals surface area (Å²) in [5, 5.41) is 6.75. The molecule has 1 aliphatic heterocycles. The summed E-state index contributed by atoms with van der Waals surface area (Å²) < 4.78 is 0. The largest absolute Gasteiger partial charge is 0.325 e. The van der Waals surface area contributed by atoms with Gasteiger partial charge in [0, 0.05) is 23.3 Å². The first-order valence-corrected chi connectivity index (χ1v) is 8.03. The molecule has 4 nitrogen and oxygen atoms in total. The number of anilines is 1. The van der Waals surface area contributed by atoms with Gasteiger partial charge >= 0.3 is 0 Å². The number of nitrogens with one attached hydrogen (secondary N) is 2. The van der Waals surface area contributed by atoms with Crippen molar-refractivity contribution in [2.45, 2.75) is 32.2 Å². The Morgan fingerprint density at radius 1 is 1.24 bits per heavy atom. The van der Waals surface area contributed by atoms with Gasteiger partial charge < -0.3 is 10.6 Å². The van der Waals surface area contributed by atoms with Crippen LogP contribution in [0.3, 0.4) is 0 Å². The first-order chi connectivity index (χ1) is 10.1. The maximum absolute atomic E-state index is 11.8. The fourth-order valence-electron chi connectivity index (χ4n) is 2.62. The van der Waals surface area contributed by atoms with Crippen molar-refractivity contribution in [3.8, 4) is 0 Å². The summed E-state index contributed by atoms with van der Waals surface area (Å²) in [5.74, 6) is -0.0248. The third kappa shape index (κ3) is 5.65. The van der Waals surface area contributed by atoms with E-state index in [-0.39, 0.29) is 5.91 Å². The highest BCUT2D eigenvalue weighted by Gasteiger charge is 2.16. The molecular weight excluding hydrogens is 286 g/mol. The third-order valence-electron chi connectivity index (χ3n) is 3.87. The highest BCUT2D eigenvalue weighted by Crippen LogP contribution is 2.13. The number of likely N-dealkylation sites (tertiary alicyclic amines) is 1. The summed E-state index contributed by atoms with van der Waals surface area (Å²) in [6, 6.07) is 7.62. The third-order valence-corrected chi connectivity index (χ3v) is 4.12. The Morgan fingerprint density at radius 2 is 1.90 bits per heavy atom. The minimum Gasteiger partial charge on any atom is -0.325 e. The van der Waals surface area contributed by atoms with Crippen LogP contribution in [0.4, 0.5) is 5.69 Å². The van der Waals surface area contributed by atoms with Crippen molar-refractivity contribution in [3.63, 3.8) is 0 Å². The van der Waals surface area contributed by atoms with Gasteiger partial charge in [-0.3, -0.25) is 9.69 Å². The molecule has 5 heteroatoms. The van der Waals surface area contributed by atoms with Crippen molar-refractivity contribution in [1.82, 2.24) is 10.2 Å². The van der Waals surface area contributed by atoms with E-state index in [0.29, 0.717) is 17.6 Å². The number of rotatable bonds is 6.